The van der Waals surface area contributed by atoms with E-state index in [1.807, 2.05) is 0 Å². The Labute approximate surface area is 68.2 Å². The van der Waals surface area contributed by atoms with Gasteiger partial charge in [0, 0.05) is 4.91 Å². The zero-order chi connectivity index (χ0) is 8.97. The molecule has 0 aromatic heterocycles. The van der Waals surface area contributed by atoms with E-state index in [4.69, 9.17) is 10.3 Å². The molecule has 0 spiro atoms. The minimum Gasteiger partial charge on any atom is -0.496 e. The van der Waals surface area contributed by atoms with Gasteiger partial charge in [0.2, 0.25) is 0 Å². The summed E-state index contributed by atoms with van der Waals surface area (Å²) in [5, 5.41) is 3.25. The van der Waals surface area contributed by atoms with Crippen molar-refractivity contribution in [3.05, 3.63) is 34.5 Å². The van der Waals surface area contributed by atoms with Crippen molar-refractivity contribution in [3.8, 4) is 5.75 Å². The zero-order valence-electron chi connectivity index (χ0n) is 6.36. The van der Waals surface area contributed by atoms with E-state index in [0.717, 1.165) is 6.07 Å². The van der Waals surface area contributed by atoms with Crippen LogP contribution in [-0.4, -0.2) is 7.11 Å². The number of hydrogen-bond donors (Lipinski definition) is 0. The maximum atomic E-state index is 12.6. The Morgan fingerprint density at radius 1 is 1.58 bits per heavy atom. The molecule has 4 nitrogen and oxygen atoms in total. The summed E-state index contributed by atoms with van der Waals surface area (Å²) in [6.07, 6.45) is 0. The Morgan fingerprint density at radius 3 is 2.92 bits per heavy atom. The van der Waals surface area contributed by atoms with Crippen molar-refractivity contribution in [1.29, 1.82) is 0 Å². The number of azide groups is 1. The summed E-state index contributed by atoms with van der Waals surface area (Å²) in [6, 6.07) is 3.74. The largest absolute Gasteiger partial charge is 0.496 e. The summed E-state index contributed by atoms with van der Waals surface area (Å²) in [5.74, 6) is -0.104. The Bertz CT molecular complexity index is 333. The Balaban J connectivity index is 3.20. The van der Waals surface area contributed by atoms with Gasteiger partial charge in [-0.15, -0.1) is 0 Å². The molecular formula is C7H6FN3O. The SMILES string of the molecule is COc1ccc(F)cc1N=[N+]=[N-]. The molecule has 1 aromatic rings. The fourth-order valence-electron chi connectivity index (χ4n) is 0.789. The number of rotatable bonds is 2. The normalized spacial score (nSPS) is 8.83. The van der Waals surface area contributed by atoms with Crippen LogP contribution in [0.2, 0.25) is 0 Å². The lowest BCUT2D eigenvalue weighted by Crippen LogP contribution is -1.83. The van der Waals surface area contributed by atoms with Gasteiger partial charge in [-0.25, -0.2) is 4.39 Å². The van der Waals surface area contributed by atoms with Crippen molar-refractivity contribution >= 4 is 5.69 Å². The Morgan fingerprint density at radius 2 is 2.33 bits per heavy atom. The predicted octanol–water partition coefficient (Wildman–Crippen LogP) is 2.78. The average Bonchev–Trinajstić information content (AvgIpc) is 2.05. The molecule has 0 N–H and O–H groups in total. The van der Waals surface area contributed by atoms with Gasteiger partial charge in [0.25, 0.3) is 0 Å². The van der Waals surface area contributed by atoms with Gasteiger partial charge in [0.1, 0.15) is 11.6 Å². The smallest absolute Gasteiger partial charge is 0.128 e. The van der Waals surface area contributed by atoms with Crippen LogP contribution in [0.25, 0.3) is 10.4 Å². The van der Waals surface area contributed by atoms with Crippen LogP contribution in [0.15, 0.2) is 23.3 Å². The van der Waals surface area contributed by atoms with E-state index in [-0.39, 0.29) is 5.69 Å². The number of ether oxygens (including phenoxy) is 1. The van der Waals surface area contributed by atoms with Gasteiger partial charge < -0.3 is 4.74 Å². The van der Waals surface area contributed by atoms with E-state index in [1.54, 1.807) is 0 Å². The molecular weight excluding hydrogens is 161 g/mol. The summed E-state index contributed by atoms with van der Waals surface area (Å²) in [7, 11) is 1.42. The number of nitrogens with zero attached hydrogens (tertiary/aromatic N) is 3. The minimum atomic E-state index is -0.460. The highest BCUT2D eigenvalue weighted by molar-refractivity contribution is 5.51. The van der Waals surface area contributed by atoms with Crippen LogP contribution in [0.4, 0.5) is 10.1 Å². The number of halogens is 1. The lowest BCUT2D eigenvalue weighted by Gasteiger charge is -2.01. The van der Waals surface area contributed by atoms with Crippen LogP contribution in [0, 0.1) is 5.82 Å². The van der Waals surface area contributed by atoms with Gasteiger partial charge in [-0.3, -0.25) is 0 Å². The lowest BCUT2D eigenvalue weighted by molar-refractivity contribution is 0.415. The molecule has 0 aliphatic heterocycles. The topological polar surface area (TPSA) is 58.0 Å². The van der Waals surface area contributed by atoms with Gasteiger partial charge in [-0.2, -0.15) is 0 Å². The molecule has 0 amide bonds. The van der Waals surface area contributed by atoms with Crippen molar-refractivity contribution in [3.63, 3.8) is 0 Å². The molecule has 0 saturated heterocycles. The fourth-order valence-corrected chi connectivity index (χ4v) is 0.789. The zero-order valence-corrected chi connectivity index (χ0v) is 6.36. The summed E-state index contributed by atoms with van der Waals surface area (Å²) < 4.78 is 17.4. The van der Waals surface area contributed by atoms with Crippen molar-refractivity contribution < 1.29 is 9.13 Å². The van der Waals surface area contributed by atoms with Crippen molar-refractivity contribution in [2.75, 3.05) is 7.11 Å². The first-order valence-electron chi connectivity index (χ1n) is 3.16. The molecule has 0 aliphatic rings. The molecule has 0 fully saturated rings. The molecule has 1 aromatic carbocycles. The third kappa shape index (κ3) is 1.65. The maximum absolute atomic E-state index is 12.6. The molecule has 1 rings (SSSR count). The van der Waals surface area contributed by atoms with E-state index in [2.05, 4.69) is 10.0 Å². The van der Waals surface area contributed by atoms with Gasteiger partial charge >= 0.3 is 0 Å². The first-order chi connectivity index (χ1) is 5.77. The van der Waals surface area contributed by atoms with E-state index >= 15 is 0 Å². The van der Waals surface area contributed by atoms with Crippen LogP contribution in [0.3, 0.4) is 0 Å². The highest BCUT2D eigenvalue weighted by Crippen LogP contribution is 2.27. The summed E-state index contributed by atoms with van der Waals surface area (Å²) in [6.45, 7) is 0. The van der Waals surface area contributed by atoms with E-state index in [0.29, 0.717) is 5.75 Å². The van der Waals surface area contributed by atoms with Crippen molar-refractivity contribution in [2.45, 2.75) is 0 Å². The molecule has 0 heterocycles. The Kier molecular flexibility index (Phi) is 2.50. The average molecular weight is 167 g/mol. The lowest BCUT2D eigenvalue weighted by atomic mass is 10.3. The molecule has 0 saturated carbocycles. The molecule has 0 unspecified atom stereocenters. The highest BCUT2D eigenvalue weighted by Gasteiger charge is 2.00. The van der Waals surface area contributed by atoms with Crippen LogP contribution in [-0.2, 0) is 0 Å². The predicted molar refractivity (Wildman–Crippen MR) is 41.8 cm³/mol. The third-order valence-corrected chi connectivity index (χ3v) is 1.29. The van der Waals surface area contributed by atoms with Gasteiger partial charge in [0.05, 0.1) is 12.8 Å². The highest BCUT2D eigenvalue weighted by atomic mass is 19.1. The van der Waals surface area contributed by atoms with Crippen LogP contribution < -0.4 is 4.74 Å². The van der Waals surface area contributed by atoms with Gasteiger partial charge in [0.15, 0.2) is 0 Å². The van der Waals surface area contributed by atoms with Gasteiger partial charge in [-0.1, -0.05) is 5.11 Å². The first-order valence-corrected chi connectivity index (χ1v) is 3.16. The summed E-state index contributed by atoms with van der Waals surface area (Å²) >= 11 is 0. The molecule has 0 aliphatic carbocycles. The Hall–Kier alpha value is -1.74. The second-order valence-electron chi connectivity index (χ2n) is 2.01. The molecule has 12 heavy (non-hydrogen) atoms. The number of benzene rings is 1. The standard InChI is InChI=1S/C7H6FN3O/c1-12-7-3-2-5(8)4-6(7)10-11-9/h2-4H,1H3. The van der Waals surface area contributed by atoms with E-state index in [9.17, 15) is 4.39 Å². The van der Waals surface area contributed by atoms with Crippen molar-refractivity contribution in [1.82, 2.24) is 0 Å². The fraction of sp³-hybridized carbons (Fsp3) is 0.143. The maximum Gasteiger partial charge on any atom is 0.128 e. The van der Waals surface area contributed by atoms with E-state index in [1.165, 1.54) is 19.2 Å². The molecule has 0 bridgehead atoms. The molecule has 0 atom stereocenters. The van der Waals surface area contributed by atoms with Crippen molar-refractivity contribution in [2.24, 2.45) is 5.11 Å². The van der Waals surface area contributed by atoms with Crippen LogP contribution >= 0.6 is 0 Å². The van der Waals surface area contributed by atoms with E-state index < -0.39 is 5.82 Å². The third-order valence-electron chi connectivity index (χ3n) is 1.29. The monoisotopic (exact) mass is 167 g/mol. The molecule has 0 radical (unpaired) electrons. The quantitative estimate of drug-likeness (QED) is 0.379. The molecule has 5 heteroatoms. The summed E-state index contributed by atoms with van der Waals surface area (Å²) in [4.78, 5) is 2.53. The molecule has 62 valence electrons. The minimum absolute atomic E-state index is 0.153. The summed E-state index contributed by atoms with van der Waals surface area (Å²) in [5.41, 5.74) is 8.26. The van der Waals surface area contributed by atoms with Gasteiger partial charge in [-0.05, 0) is 23.7 Å². The van der Waals surface area contributed by atoms with Crippen LogP contribution in [0.1, 0.15) is 0 Å². The second-order valence-corrected chi connectivity index (χ2v) is 2.01. The number of hydrogen-bond acceptors (Lipinski definition) is 2. The number of methoxy groups -OCH3 is 1. The van der Waals surface area contributed by atoms with Crippen LogP contribution in [0.5, 0.6) is 5.75 Å². The first kappa shape index (κ1) is 8.36. The second kappa shape index (κ2) is 3.59.